The summed E-state index contributed by atoms with van der Waals surface area (Å²) in [6.07, 6.45) is 11.5. The zero-order valence-electron chi connectivity index (χ0n) is 18.7. The molecule has 1 fully saturated rings. The van der Waals surface area contributed by atoms with E-state index in [1.165, 1.54) is 0 Å². The van der Waals surface area contributed by atoms with E-state index in [9.17, 15) is 0 Å². The van der Waals surface area contributed by atoms with E-state index in [2.05, 4.69) is 15.6 Å². The van der Waals surface area contributed by atoms with Crippen LogP contribution in [0.1, 0.15) is 37.1 Å². The molecule has 3 aromatic rings. The Hall–Kier alpha value is -2.81. The van der Waals surface area contributed by atoms with Gasteiger partial charge in [0.25, 0.3) is 0 Å². The number of hydrogen-bond acceptors (Lipinski definition) is 6. The Morgan fingerprint density at radius 3 is 2.53 bits per heavy atom. The number of pyridine rings is 1. The number of halogens is 3. The smallest absolute Gasteiger partial charge is 0.185 e. The van der Waals surface area contributed by atoms with Crippen molar-refractivity contribution in [3.8, 4) is 5.75 Å². The summed E-state index contributed by atoms with van der Waals surface area (Å²) in [7, 11) is 1.65. The van der Waals surface area contributed by atoms with E-state index < -0.39 is 0 Å². The van der Waals surface area contributed by atoms with Crippen LogP contribution in [0.3, 0.4) is 0 Å². The molecule has 0 aliphatic heterocycles. The fraction of sp³-hybridized carbons (Fsp3) is 0.304. The van der Waals surface area contributed by atoms with Crippen LogP contribution >= 0.6 is 37.2 Å². The Morgan fingerprint density at radius 1 is 1.09 bits per heavy atom. The first-order valence-corrected chi connectivity index (χ1v) is 10.4. The zero-order valence-corrected chi connectivity index (χ0v) is 21.2. The first-order chi connectivity index (χ1) is 15.1. The molecular weight excluding hydrogens is 497 g/mol. The number of nitrogens with two attached hydrogens (primary N) is 1. The number of hydrogen-bond donors (Lipinski definition) is 4. The maximum absolute atomic E-state index is 7.64. The Balaban J connectivity index is 0.00000193. The molecule has 8 nitrogen and oxygen atoms in total. The van der Waals surface area contributed by atoms with E-state index in [-0.39, 0.29) is 55.3 Å². The summed E-state index contributed by atoms with van der Waals surface area (Å²) in [6.45, 7) is 0. The fourth-order valence-electron chi connectivity index (χ4n) is 3.93. The van der Waals surface area contributed by atoms with Crippen molar-refractivity contribution in [2.75, 3.05) is 12.4 Å². The summed E-state index contributed by atoms with van der Waals surface area (Å²) >= 11 is 0. The van der Waals surface area contributed by atoms with Crippen LogP contribution in [0.25, 0.3) is 23.1 Å². The van der Waals surface area contributed by atoms with Gasteiger partial charge in [-0.15, -0.1) is 37.2 Å². The number of anilines is 1. The lowest BCUT2D eigenvalue weighted by molar-refractivity contribution is 0.377. The summed E-state index contributed by atoms with van der Waals surface area (Å²) in [4.78, 5) is 13.6. The molecule has 0 saturated heterocycles. The van der Waals surface area contributed by atoms with E-state index in [4.69, 9.17) is 25.8 Å². The molecule has 34 heavy (non-hydrogen) atoms. The number of nitrogens with zero attached hydrogens (tertiary/aromatic N) is 3. The molecule has 2 unspecified atom stereocenters. The van der Waals surface area contributed by atoms with Crippen LogP contribution < -0.4 is 21.1 Å². The van der Waals surface area contributed by atoms with Crippen LogP contribution in [-0.4, -0.2) is 40.1 Å². The van der Waals surface area contributed by atoms with Crippen molar-refractivity contribution in [3.63, 3.8) is 0 Å². The molecule has 5 N–H and O–H groups in total. The number of rotatable bonds is 6. The third-order valence-electron chi connectivity index (χ3n) is 5.46. The lowest BCUT2D eigenvalue weighted by Gasteiger charge is -2.33. The molecule has 2 atom stereocenters. The van der Waals surface area contributed by atoms with Crippen molar-refractivity contribution in [1.29, 1.82) is 5.41 Å². The molecule has 0 spiro atoms. The minimum atomic E-state index is -0.00647. The fourth-order valence-corrected chi connectivity index (χ4v) is 3.93. The molecule has 4 rings (SSSR count). The quantitative estimate of drug-likeness (QED) is 0.272. The first kappa shape index (κ1) is 29.2. The minimum Gasteiger partial charge on any atom is -0.497 e. The Labute approximate surface area is 217 Å². The number of fused-ring (bicyclic) bond motifs is 1. The largest absolute Gasteiger partial charge is 0.497 e. The number of guanidine groups is 1. The number of methoxy groups -OCH3 is 1. The van der Waals surface area contributed by atoms with Gasteiger partial charge in [0.15, 0.2) is 11.8 Å². The normalized spacial score (nSPS) is 17.1. The van der Waals surface area contributed by atoms with E-state index in [1.807, 2.05) is 42.5 Å². The molecule has 0 bridgehead atoms. The monoisotopic (exact) mass is 525 g/mol. The van der Waals surface area contributed by atoms with Crippen molar-refractivity contribution < 1.29 is 4.74 Å². The van der Waals surface area contributed by atoms with Gasteiger partial charge in [-0.25, -0.2) is 9.97 Å². The molecule has 0 radical (unpaired) electrons. The van der Waals surface area contributed by atoms with Gasteiger partial charge in [-0.2, -0.15) is 0 Å². The summed E-state index contributed by atoms with van der Waals surface area (Å²) in [5, 5.41) is 15.2. The average Bonchev–Trinajstić information content (AvgIpc) is 2.79. The van der Waals surface area contributed by atoms with Crippen LogP contribution in [0, 0.1) is 5.41 Å². The van der Waals surface area contributed by atoms with Gasteiger partial charge in [-0.3, -0.25) is 10.4 Å². The van der Waals surface area contributed by atoms with Gasteiger partial charge in [0.2, 0.25) is 0 Å². The Morgan fingerprint density at radius 2 is 1.85 bits per heavy atom. The van der Waals surface area contributed by atoms with Crippen molar-refractivity contribution >= 4 is 72.1 Å². The number of ether oxygens (including phenoxy) is 1. The topological polar surface area (TPSA) is 122 Å². The van der Waals surface area contributed by atoms with Crippen LogP contribution in [0.2, 0.25) is 0 Å². The van der Waals surface area contributed by atoms with Gasteiger partial charge >= 0.3 is 0 Å². The van der Waals surface area contributed by atoms with E-state index in [1.54, 1.807) is 19.5 Å². The highest BCUT2D eigenvalue weighted by molar-refractivity contribution is 5.91. The molecule has 184 valence electrons. The Bertz CT molecular complexity index is 1100. The molecule has 2 aromatic heterocycles. The first-order valence-electron chi connectivity index (χ1n) is 10.4. The molecule has 1 aromatic carbocycles. The number of nitrogens with one attached hydrogen (secondary N) is 3. The van der Waals surface area contributed by atoms with Crippen LogP contribution in [0.4, 0.5) is 5.82 Å². The second-order valence-corrected chi connectivity index (χ2v) is 7.63. The molecule has 11 heteroatoms. The van der Waals surface area contributed by atoms with Crippen LogP contribution in [0.5, 0.6) is 5.75 Å². The standard InChI is InChI=1S/C23H27N7O.3ClH/c1-31-16-9-10-18-17(13-16)22(28-19-6-2-3-7-20(19)29-23(24)25)30-21(27-18)11-8-15-5-4-12-26-14-15;;;/h4-5,8-14,19-20H,2-3,6-7H2,1H3,(H4,24,25,29)(H,27,28,30);3*1H/b11-8+;;;. The Kier molecular flexibility index (Phi) is 11.9. The van der Waals surface area contributed by atoms with E-state index >= 15 is 0 Å². The maximum atomic E-state index is 7.64. The molecule has 0 amide bonds. The average molecular weight is 527 g/mol. The van der Waals surface area contributed by atoms with Crippen molar-refractivity contribution in [1.82, 2.24) is 20.3 Å². The zero-order chi connectivity index (χ0) is 21.6. The van der Waals surface area contributed by atoms with Gasteiger partial charge in [-0.05, 0) is 54.8 Å². The molecule has 1 aliphatic rings. The van der Waals surface area contributed by atoms with Gasteiger partial charge < -0.3 is 21.1 Å². The second kappa shape index (κ2) is 13.8. The molecule has 1 aliphatic carbocycles. The van der Waals surface area contributed by atoms with Crippen LogP contribution in [0.15, 0.2) is 42.7 Å². The minimum absolute atomic E-state index is 0. The molecule has 1 saturated carbocycles. The summed E-state index contributed by atoms with van der Waals surface area (Å²) in [6, 6.07) is 9.85. The molecular formula is C23H30Cl3N7O. The predicted octanol–water partition coefficient (Wildman–Crippen LogP) is 4.68. The number of benzene rings is 1. The van der Waals surface area contributed by atoms with E-state index in [0.29, 0.717) is 5.82 Å². The van der Waals surface area contributed by atoms with Gasteiger partial charge in [-0.1, -0.05) is 18.9 Å². The summed E-state index contributed by atoms with van der Waals surface area (Å²) in [5.41, 5.74) is 7.42. The highest BCUT2D eigenvalue weighted by Crippen LogP contribution is 2.29. The van der Waals surface area contributed by atoms with Crippen molar-refractivity contribution in [3.05, 3.63) is 54.1 Å². The SMILES string of the molecule is COc1ccc2nc(/C=C/c3cccnc3)nc(NC3CCCCC3NC(=N)N)c2c1.Cl.Cl.Cl. The highest BCUT2D eigenvalue weighted by atomic mass is 35.5. The second-order valence-electron chi connectivity index (χ2n) is 7.63. The van der Waals surface area contributed by atoms with Gasteiger partial charge in [0.05, 0.1) is 12.6 Å². The highest BCUT2D eigenvalue weighted by Gasteiger charge is 2.26. The maximum Gasteiger partial charge on any atom is 0.185 e. The van der Waals surface area contributed by atoms with Crippen molar-refractivity contribution in [2.24, 2.45) is 5.73 Å². The third kappa shape index (κ3) is 7.35. The summed E-state index contributed by atoms with van der Waals surface area (Å²) < 4.78 is 5.42. The molecule has 2 heterocycles. The van der Waals surface area contributed by atoms with Gasteiger partial charge in [0, 0.05) is 29.9 Å². The van der Waals surface area contributed by atoms with Gasteiger partial charge in [0.1, 0.15) is 11.6 Å². The summed E-state index contributed by atoms with van der Waals surface area (Å²) in [5.74, 6) is 2.10. The van der Waals surface area contributed by atoms with Crippen LogP contribution in [-0.2, 0) is 0 Å². The lowest BCUT2D eigenvalue weighted by atomic mass is 9.90. The lowest BCUT2D eigenvalue weighted by Crippen LogP contribution is -2.50. The van der Waals surface area contributed by atoms with Crippen molar-refractivity contribution in [2.45, 2.75) is 37.8 Å². The van der Waals surface area contributed by atoms with E-state index in [0.717, 1.165) is 53.7 Å². The number of aromatic nitrogens is 3. The third-order valence-corrected chi connectivity index (χ3v) is 5.46. The predicted molar refractivity (Wildman–Crippen MR) is 146 cm³/mol.